The highest BCUT2D eigenvalue weighted by Crippen LogP contribution is 2.13. The number of aryl methyl sites for hydroxylation is 1. The minimum Gasteiger partial charge on any atom is -0.345 e. The molecule has 0 bridgehead atoms. The van der Waals surface area contributed by atoms with E-state index in [4.69, 9.17) is 0 Å². The fourth-order valence-electron chi connectivity index (χ4n) is 2.58. The molecule has 140 valence electrons. The van der Waals surface area contributed by atoms with E-state index >= 15 is 0 Å². The van der Waals surface area contributed by atoms with E-state index in [2.05, 4.69) is 9.71 Å². The third-order valence-corrected chi connectivity index (χ3v) is 5.56. The third-order valence-electron chi connectivity index (χ3n) is 4.08. The quantitative estimate of drug-likeness (QED) is 0.769. The summed E-state index contributed by atoms with van der Waals surface area (Å²) in [5.74, 6) is -1.06. The van der Waals surface area contributed by atoms with E-state index < -0.39 is 15.9 Å². The number of anilines is 1. The highest BCUT2D eigenvalue weighted by molar-refractivity contribution is 7.92. The lowest BCUT2D eigenvalue weighted by Crippen LogP contribution is -2.37. The number of benzene rings is 1. The van der Waals surface area contributed by atoms with Gasteiger partial charge in [0, 0.05) is 31.7 Å². The van der Waals surface area contributed by atoms with E-state index in [1.54, 1.807) is 43.4 Å². The molecule has 0 aliphatic carbocycles. The first-order valence-electron chi connectivity index (χ1n) is 8.48. The Balaban J connectivity index is 1.89. The molecule has 6 nitrogen and oxygen atoms in total. The van der Waals surface area contributed by atoms with E-state index in [1.165, 1.54) is 0 Å². The normalized spacial score (nSPS) is 12.4. The number of pyridine rings is 1. The molecular formula is C19H25N3O3S. The first kappa shape index (κ1) is 19.9. The van der Waals surface area contributed by atoms with Crippen LogP contribution in [0.1, 0.15) is 18.1 Å². The molecule has 1 aromatic carbocycles. The van der Waals surface area contributed by atoms with Crippen molar-refractivity contribution in [3.05, 3.63) is 59.9 Å². The number of carbonyl (C=O) groups is 1. The van der Waals surface area contributed by atoms with Crippen molar-refractivity contribution < 1.29 is 13.2 Å². The van der Waals surface area contributed by atoms with Crippen LogP contribution in [-0.4, -0.2) is 43.6 Å². The standard InChI is InChI=1S/C19H25N3O3S/c1-15-4-6-18(7-5-15)21-26(24,25)14-16(2)19(23)22(3)13-10-17-8-11-20-12-9-17/h4-9,11-12,16,21H,10,13-14H2,1-3H3. The van der Waals surface area contributed by atoms with Crippen molar-refractivity contribution in [2.24, 2.45) is 5.92 Å². The smallest absolute Gasteiger partial charge is 0.233 e. The molecule has 0 radical (unpaired) electrons. The predicted octanol–water partition coefficient (Wildman–Crippen LogP) is 2.47. The molecule has 1 atom stereocenters. The third kappa shape index (κ3) is 6.15. The van der Waals surface area contributed by atoms with Gasteiger partial charge in [-0.05, 0) is 43.2 Å². The molecule has 0 spiro atoms. The summed E-state index contributed by atoms with van der Waals surface area (Å²) in [5.41, 5.74) is 2.63. The van der Waals surface area contributed by atoms with Gasteiger partial charge in [0.05, 0.1) is 11.7 Å². The summed E-state index contributed by atoms with van der Waals surface area (Å²) in [6.45, 7) is 4.10. The van der Waals surface area contributed by atoms with Crippen LogP contribution in [0.3, 0.4) is 0 Å². The number of aromatic nitrogens is 1. The zero-order valence-electron chi connectivity index (χ0n) is 15.3. The van der Waals surface area contributed by atoms with E-state index in [0.717, 1.165) is 11.1 Å². The molecule has 1 aromatic heterocycles. The van der Waals surface area contributed by atoms with Crippen molar-refractivity contribution in [1.82, 2.24) is 9.88 Å². The average molecular weight is 375 g/mol. The largest absolute Gasteiger partial charge is 0.345 e. The van der Waals surface area contributed by atoms with Crippen LogP contribution in [0.25, 0.3) is 0 Å². The fraction of sp³-hybridized carbons (Fsp3) is 0.368. The van der Waals surface area contributed by atoms with Gasteiger partial charge in [0.2, 0.25) is 15.9 Å². The number of rotatable bonds is 8. The van der Waals surface area contributed by atoms with Gasteiger partial charge in [0.25, 0.3) is 0 Å². The van der Waals surface area contributed by atoms with Crippen LogP contribution in [0, 0.1) is 12.8 Å². The van der Waals surface area contributed by atoms with Gasteiger partial charge in [-0.15, -0.1) is 0 Å². The Hall–Kier alpha value is -2.41. The molecular weight excluding hydrogens is 350 g/mol. The molecule has 2 rings (SSSR count). The molecule has 0 aliphatic heterocycles. The molecule has 0 fully saturated rings. The number of hydrogen-bond donors (Lipinski definition) is 1. The minimum absolute atomic E-state index is 0.187. The highest BCUT2D eigenvalue weighted by atomic mass is 32.2. The van der Waals surface area contributed by atoms with Crippen LogP contribution in [0.15, 0.2) is 48.8 Å². The lowest BCUT2D eigenvalue weighted by Gasteiger charge is -2.21. The lowest BCUT2D eigenvalue weighted by atomic mass is 10.1. The minimum atomic E-state index is -3.60. The van der Waals surface area contributed by atoms with Crippen LogP contribution in [0.2, 0.25) is 0 Å². The Morgan fingerprint density at radius 3 is 2.38 bits per heavy atom. The van der Waals surface area contributed by atoms with Crippen molar-refractivity contribution in [2.75, 3.05) is 24.1 Å². The molecule has 1 amide bonds. The number of amides is 1. The molecule has 0 saturated carbocycles. The van der Waals surface area contributed by atoms with Crippen LogP contribution in [0.5, 0.6) is 0 Å². The van der Waals surface area contributed by atoms with Gasteiger partial charge < -0.3 is 4.90 Å². The van der Waals surface area contributed by atoms with E-state index in [-0.39, 0.29) is 11.7 Å². The maximum absolute atomic E-state index is 12.5. The Morgan fingerprint density at radius 1 is 1.15 bits per heavy atom. The van der Waals surface area contributed by atoms with E-state index in [0.29, 0.717) is 18.7 Å². The summed E-state index contributed by atoms with van der Waals surface area (Å²) < 4.78 is 27.1. The van der Waals surface area contributed by atoms with Crippen LogP contribution in [0.4, 0.5) is 5.69 Å². The van der Waals surface area contributed by atoms with Gasteiger partial charge in [0.1, 0.15) is 0 Å². The second-order valence-corrected chi connectivity index (χ2v) is 8.28. The first-order chi connectivity index (χ1) is 12.3. The molecule has 7 heteroatoms. The zero-order valence-corrected chi connectivity index (χ0v) is 16.2. The van der Waals surface area contributed by atoms with Crippen LogP contribution < -0.4 is 4.72 Å². The molecule has 1 heterocycles. The Kier molecular flexibility index (Phi) is 6.74. The van der Waals surface area contributed by atoms with E-state index in [9.17, 15) is 13.2 Å². The summed E-state index contributed by atoms with van der Waals surface area (Å²) in [7, 11) is -1.90. The van der Waals surface area contributed by atoms with Crippen LogP contribution in [-0.2, 0) is 21.2 Å². The second-order valence-electron chi connectivity index (χ2n) is 6.52. The van der Waals surface area contributed by atoms with Crippen molar-refractivity contribution in [3.8, 4) is 0 Å². The maximum atomic E-state index is 12.5. The van der Waals surface area contributed by atoms with Crippen molar-refractivity contribution in [3.63, 3.8) is 0 Å². The fourth-order valence-corrected chi connectivity index (χ4v) is 3.96. The summed E-state index contributed by atoms with van der Waals surface area (Å²) in [6.07, 6.45) is 4.12. The average Bonchev–Trinajstić information content (AvgIpc) is 2.61. The van der Waals surface area contributed by atoms with Crippen molar-refractivity contribution in [2.45, 2.75) is 20.3 Å². The van der Waals surface area contributed by atoms with Gasteiger partial charge in [0.15, 0.2) is 0 Å². The monoisotopic (exact) mass is 375 g/mol. The number of nitrogens with zero attached hydrogens (tertiary/aromatic N) is 2. The van der Waals surface area contributed by atoms with Crippen molar-refractivity contribution in [1.29, 1.82) is 0 Å². The Labute approximate surface area is 155 Å². The number of carbonyl (C=O) groups excluding carboxylic acids is 1. The maximum Gasteiger partial charge on any atom is 0.233 e. The van der Waals surface area contributed by atoms with Crippen molar-refractivity contribution >= 4 is 21.6 Å². The number of nitrogens with one attached hydrogen (secondary N) is 1. The Morgan fingerprint density at radius 2 is 1.77 bits per heavy atom. The summed E-state index contributed by atoms with van der Waals surface area (Å²) >= 11 is 0. The summed E-state index contributed by atoms with van der Waals surface area (Å²) in [6, 6.07) is 10.9. The molecule has 1 N–H and O–H groups in total. The zero-order chi connectivity index (χ0) is 19.2. The second kappa shape index (κ2) is 8.80. The molecule has 2 aromatic rings. The lowest BCUT2D eigenvalue weighted by molar-refractivity contribution is -0.132. The van der Waals surface area contributed by atoms with Gasteiger partial charge >= 0.3 is 0 Å². The molecule has 0 aliphatic rings. The molecule has 0 saturated heterocycles. The first-order valence-corrected chi connectivity index (χ1v) is 10.1. The van der Waals surface area contributed by atoms with Crippen LogP contribution >= 0.6 is 0 Å². The Bertz CT molecular complexity index is 821. The van der Waals surface area contributed by atoms with Gasteiger partial charge in [-0.2, -0.15) is 0 Å². The van der Waals surface area contributed by atoms with Gasteiger partial charge in [-0.25, -0.2) is 8.42 Å². The number of likely N-dealkylation sites (N-methyl/N-ethyl adjacent to an activating group) is 1. The van der Waals surface area contributed by atoms with Gasteiger partial charge in [-0.3, -0.25) is 14.5 Å². The summed E-state index contributed by atoms with van der Waals surface area (Å²) in [5, 5.41) is 0. The topological polar surface area (TPSA) is 79.4 Å². The molecule has 26 heavy (non-hydrogen) atoms. The highest BCUT2D eigenvalue weighted by Gasteiger charge is 2.24. The summed E-state index contributed by atoms with van der Waals surface area (Å²) in [4.78, 5) is 18.0. The number of sulfonamides is 1. The molecule has 1 unspecified atom stereocenters. The predicted molar refractivity (Wildman–Crippen MR) is 103 cm³/mol. The van der Waals surface area contributed by atoms with E-state index in [1.807, 2.05) is 31.2 Å². The SMILES string of the molecule is Cc1ccc(NS(=O)(=O)CC(C)C(=O)N(C)CCc2ccncc2)cc1. The number of hydrogen-bond acceptors (Lipinski definition) is 4. The van der Waals surface area contributed by atoms with Gasteiger partial charge in [-0.1, -0.05) is 24.6 Å².